The van der Waals surface area contributed by atoms with Gasteiger partial charge in [0.05, 0.1) is 11.0 Å². The van der Waals surface area contributed by atoms with E-state index in [9.17, 15) is 13.5 Å². The zero-order valence-corrected chi connectivity index (χ0v) is 11.4. The number of sulfonamides is 1. The van der Waals surface area contributed by atoms with Gasteiger partial charge in [0.15, 0.2) is 0 Å². The van der Waals surface area contributed by atoms with E-state index in [0.29, 0.717) is 11.5 Å². The average molecular weight is 269 g/mol. The van der Waals surface area contributed by atoms with Crippen LogP contribution in [0.1, 0.15) is 38.4 Å². The lowest BCUT2D eigenvalue weighted by Crippen LogP contribution is -2.43. The molecule has 0 radical (unpaired) electrons. The fraction of sp³-hybridized carbons (Fsp3) is 0.538. The predicted octanol–water partition coefficient (Wildman–Crippen LogP) is 1.82. The number of aliphatic hydroxyl groups is 1. The standard InChI is InChI=1S/C13H19NO3S/c1-9-6-12(7-9)14-18(16,17)13-5-3-4-11(8-13)10(2)15/h3-5,8-10,12,14-15H,6-7H2,1-2H3. The van der Waals surface area contributed by atoms with Crippen molar-refractivity contribution in [2.75, 3.05) is 0 Å². The van der Waals surface area contributed by atoms with Crippen molar-refractivity contribution in [1.82, 2.24) is 4.72 Å². The lowest BCUT2D eigenvalue weighted by Gasteiger charge is -2.32. The largest absolute Gasteiger partial charge is 0.389 e. The van der Waals surface area contributed by atoms with E-state index in [1.807, 2.05) is 0 Å². The van der Waals surface area contributed by atoms with Crippen LogP contribution in [-0.4, -0.2) is 19.6 Å². The number of rotatable bonds is 4. The van der Waals surface area contributed by atoms with Gasteiger partial charge >= 0.3 is 0 Å². The zero-order chi connectivity index (χ0) is 13.3. The summed E-state index contributed by atoms with van der Waals surface area (Å²) in [4.78, 5) is 0.223. The second-order valence-corrected chi connectivity index (χ2v) is 6.86. The second kappa shape index (κ2) is 4.99. The second-order valence-electron chi connectivity index (χ2n) is 5.14. The fourth-order valence-electron chi connectivity index (χ4n) is 2.23. The molecule has 2 rings (SSSR count). The number of benzene rings is 1. The molecule has 18 heavy (non-hydrogen) atoms. The van der Waals surface area contributed by atoms with Crippen LogP contribution in [0.3, 0.4) is 0 Å². The molecule has 1 fully saturated rings. The normalized spacial score (nSPS) is 25.5. The van der Waals surface area contributed by atoms with Crippen LogP contribution >= 0.6 is 0 Å². The Kier molecular flexibility index (Phi) is 3.75. The first kappa shape index (κ1) is 13.5. The van der Waals surface area contributed by atoms with Gasteiger partial charge in [-0.15, -0.1) is 0 Å². The van der Waals surface area contributed by atoms with Crippen molar-refractivity contribution in [2.45, 2.75) is 43.7 Å². The van der Waals surface area contributed by atoms with Crippen LogP contribution in [0.25, 0.3) is 0 Å². The molecule has 1 aliphatic carbocycles. The Bertz CT molecular complexity index is 519. The third-order valence-electron chi connectivity index (χ3n) is 3.35. The van der Waals surface area contributed by atoms with Crippen LogP contribution in [0, 0.1) is 5.92 Å². The number of nitrogens with one attached hydrogen (secondary N) is 1. The molecular formula is C13H19NO3S. The molecule has 1 atom stereocenters. The summed E-state index contributed by atoms with van der Waals surface area (Å²) < 4.78 is 26.9. The van der Waals surface area contributed by atoms with Crippen LogP contribution in [0.2, 0.25) is 0 Å². The van der Waals surface area contributed by atoms with E-state index in [2.05, 4.69) is 11.6 Å². The summed E-state index contributed by atoms with van der Waals surface area (Å²) in [5.41, 5.74) is 0.611. The van der Waals surface area contributed by atoms with Crippen LogP contribution in [0.5, 0.6) is 0 Å². The van der Waals surface area contributed by atoms with Crippen molar-refractivity contribution >= 4 is 10.0 Å². The summed E-state index contributed by atoms with van der Waals surface area (Å²) in [5, 5.41) is 9.47. The third kappa shape index (κ3) is 2.91. The zero-order valence-electron chi connectivity index (χ0n) is 10.6. The molecule has 100 valence electrons. The smallest absolute Gasteiger partial charge is 0.240 e. The summed E-state index contributed by atoms with van der Waals surface area (Å²) in [7, 11) is -3.46. The SMILES string of the molecule is CC1CC(NS(=O)(=O)c2cccc(C(C)O)c2)C1. The Morgan fingerprint density at radius 1 is 1.39 bits per heavy atom. The van der Waals surface area contributed by atoms with E-state index in [0.717, 1.165) is 12.8 Å². The van der Waals surface area contributed by atoms with Crippen molar-refractivity contribution in [3.05, 3.63) is 29.8 Å². The molecule has 5 heteroatoms. The fourth-order valence-corrected chi connectivity index (χ4v) is 3.54. The number of hydrogen-bond acceptors (Lipinski definition) is 3. The quantitative estimate of drug-likeness (QED) is 0.876. The molecule has 0 heterocycles. The van der Waals surface area contributed by atoms with Gasteiger partial charge in [-0.3, -0.25) is 0 Å². The molecule has 0 bridgehead atoms. The molecule has 0 aliphatic heterocycles. The Hall–Kier alpha value is -0.910. The van der Waals surface area contributed by atoms with Crippen LogP contribution < -0.4 is 4.72 Å². The van der Waals surface area contributed by atoms with E-state index >= 15 is 0 Å². The van der Waals surface area contributed by atoms with Crippen molar-refractivity contribution in [3.8, 4) is 0 Å². The van der Waals surface area contributed by atoms with E-state index in [1.165, 1.54) is 6.07 Å². The average Bonchev–Trinajstić information content (AvgIpc) is 2.27. The summed E-state index contributed by atoms with van der Waals surface area (Å²) in [5.74, 6) is 0.599. The summed E-state index contributed by atoms with van der Waals surface area (Å²) in [6, 6.07) is 6.50. The topological polar surface area (TPSA) is 66.4 Å². The van der Waals surface area contributed by atoms with E-state index in [1.54, 1.807) is 25.1 Å². The summed E-state index contributed by atoms with van der Waals surface area (Å²) in [6.07, 6.45) is 1.13. The van der Waals surface area contributed by atoms with Crippen molar-refractivity contribution in [1.29, 1.82) is 0 Å². The molecule has 1 unspecified atom stereocenters. The maximum absolute atomic E-state index is 12.1. The third-order valence-corrected chi connectivity index (χ3v) is 4.86. The number of hydrogen-bond donors (Lipinski definition) is 2. The Labute approximate surface area is 108 Å². The monoisotopic (exact) mass is 269 g/mol. The van der Waals surface area contributed by atoms with Gasteiger partial charge in [0, 0.05) is 6.04 Å². The Balaban J connectivity index is 2.16. The first-order valence-electron chi connectivity index (χ1n) is 6.19. The van der Waals surface area contributed by atoms with Gasteiger partial charge in [-0.2, -0.15) is 0 Å². The minimum absolute atomic E-state index is 0.0557. The molecule has 2 N–H and O–H groups in total. The molecule has 0 aromatic heterocycles. The highest BCUT2D eigenvalue weighted by Crippen LogP contribution is 2.28. The van der Waals surface area contributed by atoms with Crippen molar-refractivity contribution < 1.29 is 13.5 Å². The molecule has 0 amide bonds. The van der Waals surface area contributed by atoms with Gasteiger partial charge in [-0.05, 0) is 43.4 Å². The molecule has 0 saturated heterocycles. The molecule has 0 spiro atoms. The van der Waals surface area contributed by atoms with Crippen molar-refractivity contribution in [2.24, 2.45) is 5.92 Å². The molecule has 4 nitrogen and oxygen atoms in total. The first-order chi connectivity index (χ1) is 8.38. The predicted molar refractivity (Wildman–Crippen MR) is 69.6 cm³/mol. The van der Waals surface area contributed by atoms with E-state index in [-0.39, 0.29) is 10.9 Å². The highest BCUT2D eigenvalue weighted by Gasteiger charge is 2.29. The van der Waals surface area contributed by atoms with Gasteiger partial charge in [0.2, 0.25) is 10.0 Å². The van der Waals surface area contributed by atoms with E-state index in [4.69, 9.17) is 0 Å². The van der Waals surface area contributed by atoms with Gasteiger partial charge in [0.1, 0.15) is 0 Å². The molecular weight excluding hydrogens is 250 g/mol. The maximum atomic E-state index is 12.1. The number of aliphatic hydroxyl groups excluding tert-OH is 1. The van der Waals surface area contributed by atoms with Gasteiger partial charge < -0.3 is 5.11 Å². The van der Waals surface area contributed by atoms with Gasteiger partial charge in [-0.25, -0.2) is 13.1 Å². The Morgan fingerprint density at radius 2 is 2.06 bits per heavy atom. The summed E-state index contributed by atoms with van der Waals surface area (Å²) in [6.45, 7) is 3.73. The lowest BCUT2D eigenvalue weighted by molar-refractivity contribution is 0.199. The molecule has 1 aromatic rings. The minimum Gasteiger partial charge on any atom is -0.389 e. The lowest BCUT2D eigenvalue weighted by atomic mass is 9.83. The van der Waals surface area contributed by atoms with Gasteiger partial charge in [-0.1, -0.05) is 19.1 Å². The molecule has 1 aromatic carbocycles. The van der Waals surface area contributed by atoms with Gasteiger partial charge in [0.25, 0.3) is 0 Å². The highest BCUT2D eigenvalue weighted by molar-refractivity contribution is 7.89. The van der Waals surface area contributed by atoms with Crippen LogP contribution in [-0.2, 0) is 10.0 Å². The van der Waals surface area contributed by atoms with E-state index < -0.39 is 16.1 Å². The highest BCUT2D eigenvalue weighted by atomic mass is 32.2. The summed E-state index contributed by atoms with van der Waals surface area (Å²) >= 11 is 0. The Morgan fingerprint density at radius 3 is 2.61 bits per heavy atom. The molecule has 1 aliphatic rings. The first-order valence-corrected chi connectivity index (χ1v) is 7.67. The van der Waals surface area contributed by atoms with Crippen LogP contribution in [0.4, 0.5) is 0 Å². The minimum atomic E-state index is -3.46. The van der Waals surface area contributed by atoms with Crippen LogP contribution in [0.15, 0.2) is 29.2 Å². The van der Waals surface area contributed by atoms with Crippen molar-refractivity contribution in [3.63, 3.8) is 0 Å². The molecule has 1 saturated carbocycles. The maximum Gasteiger partial charge on any atom is 0.240 e.